The van der Waals surface area contributed by atoms with E-state index >= 15 is 0 Å². The van der Waals surface area contributed by atoms with Crippen LogP contribution in [0.15, 0.2) is 18.3 Å². The first kappa shape index (κ1) is 16.6. The number of rotatable bonds is 1. The van der Waals surface area contributed by atoms with Crippen molar-refractivity contribution in [3.63, 3.8) is 0 Å². The highest BCUT2D eigenvalue weighted by molar-refractivity contribution is 5.22. The topological polar surface area (TPSA) is 42.0 Å². The Kier molecular flexibility index (Phi) is 7.19. The predicted molar refractivity (Wildman–Crippen MR) is 63.3 cm³/mol. The number of hydrogen-bond donors (Lipinski definition) is 1. The summed E-state index contributed by atoms with van der Waals surface area (Å²) in [5.41, 5.74) is 0.0466. The zero-order valence-corrected chi connectivity index (χ0v) is 10.4. The molecule has 0 spiro atoms. The first-order valence-corrected chi connectivity index (χ1v) is 5.60. The molecule has 0 aromatic carbocycles. The molecule has 0 radical (unpaired) electrons. The third-order valence-corrected chi connectivity index (χ3v) is 2.33. The number of nitrogens with zero attached hydrogens (tertiary/aromatic N) is 1. The van der Waals surface area contributed by atoms with E-state index in [1.165, 1.54) is 12.3 Å². The number of carbonyl (C=O) groups is 1. The number of nitrogens with one attached hydrogen (secondary N) is 1. The first-order valence-electron chi connectivity index (χ1n) is 5.60. The molecule has 1 aliphatic heterocycles. The average Bonchev–Trinajstić information content (AvgIpc) is 2.32. The molecule has 0 saturated carbocycles. The Balaban J connectivity index is 0.000000659. The second-order valence-corrected chi connectivity index (χ2v) is 3.33. The minimum atomic E-state index is -4.34. The van der Waals surface area contributed by atoms with Gasteiger partial charge in [0.25, 0.3) is 0 Å². The molecular weight excluding hydrogens is 245 g/mol. The molecule has 1 fully saturated rings. The normalized spacial score (nSPS) is 14.5. The molecule has 2 rings (SSSR count). The maximum Gasteiger partial charge on any atom is 0.433 e. The highest BCUT2D eigenvalue weighted by Crippen LogP contribution is 2.28. The second kappa shape index (κ2) is 7.81. The second-order valence-electron chi connectivity index (χ2n) is 3.33. The molecule has 1 saturated heterocycles. The smallest absolute Gasteiger partial charge is 0.315 e. The molecule has 1 N–H and O–H groups in total. The Hall–Kier alpha value is -1.43. The third kappa shape index (κ3) is 4.44. The van der Waals surface area contributed by atoms with E-state index in [9.17, 15) is 13.2 Å². The fraction of sp³-hybridized carbons (Fsp3) is 0.500. The lowest BCUT2D eigenvalue weighted by atomic mass is 9.95. The minimum absolute atomic E-state index is 0.324. The molecule has 102 valence electrons. The van der Waals surface area contributed by atoms with Crippen molar-refractivity contribution in [3.05, 3.63) is 29.6 Å². The first-order chi connectivity index (χ1) is 8.57. The molecule has 0 unspecified atom stereocenters. The number of halogens is 3. The van der Waals surface area contributed by atoms with Crippen molar-refractivity contribution in [1.29, 1.82) is 0 Å². The van der Waals surface area contributed by atoms with Gasteiger partial charge in [-0.2, -0.15) is 13.2 Å². The van der Waals surface area contributed by atoms with Gasteiger partial charge >= 0.3 is 6.18 Å². The van der Waals surface area contributed by atoms with Gasteiger partial charge in [-0.3, -0.25) is 4.98 Å². The Morgan fingerprint density at radius 1 is 1.28 bits per heavy atom. The van der Waals surface area contributed by atoms with E-state index in [1.54, 1.807) is 0 Å². The van der Waals surface area contributed by atoms with Crippen LogP contribution in [0.5, 0.6) is 0 Å². The Labute approximate surface area is 104 Å². The highest BCUT2D eigenvalue weighted by atomic mass is 19.4. The molecule has 0 aliphatic carbocycles. The lowest BCUT2D eigenvalue weighted by molar-refractivity contribution is -0.141. The van der Waals surface area contributed by atoms with Gasteiger partial charge in [0.15, 0.2) is 0 Å². The van der Waals surface area contributed by atoms with Gasteiger partial charge < -0.3 is 10.1 Å². The Morgan fingerprint density at radius 3 is 2.11 bits per heavy atom. The van der Waals surface area contributed by atoms with Crippen molar-refractivity contribution in [1.82, 2.24) is 10.3 Å². The summed E-state index contributed by atoms with van der Waals surface area (Å²) in [5.74, 6) is 0.324. The molecule has 3 nitrogen and oxygen atoms in total. The largest absolute Gasteiger partial charge is 0.433 e. The molecular formula is C12H17F3N2O. The van der Waals surface area contributed by atoms with E-state index in [0.717, 1.165) is 24.7 Å². The highest BCUT2D eigenvalue weighted by Gasteiger charge is 2.32. The third-order valence-electron chi connectivity index (χ3n) is 2.33. The maximum absolute atomic E-state index is 12.1. The number of alkyl halides is 3. The van der Waals surface area contributed by atoms with Gasteiger partial charge in [-0.25, -0.2) is 0 Å². The molecule has 0 atom stereocenters. The number of aromatic nitrogens is 1. The lowest BCUT2D eigenvalue weighted by Crippen LogP contribution is -2.39. The standard InChI is InChI=1S/C9H9F3N2.C2H6.CH2O/c10-9(11,12)8-2-1-6(5-14-8)7-3-13-4-7;2*1-2/h1-2,5,7,13H,3-4H2;1-2H3;1H2. The molecule has 2 heterocycles. The molecule has 0 bridgehead atoms. The van der Waals surface area contributed by atoms with E-state index in [1.807, 2.05) is 20.6 Å². The van der Waals surface area contributed by atoms with E-state index in [4.69, 9.17) is 4.79 Å². The van der Waals surface area contributed by atoms with Crippen molar-refractivity contribution in [2.75, 3.05) is 13.1 Å². The van der Waals surface area contributed by atoms with Gasteiger partial charge in [0.1, 0.15) is 12.5 Å². The fourth-order valence-electron chi connectivity index (χ4n) is 1.34. The van der Waals surface area contributed by atoms with Crippen LogP contribution in [0.3, 0.4) is 0 Å². The number of hydrogen-bond acceptors (Lipinski definition) is 3. The van der Waals surface area contributed by atoms with Crippen molar-refractivity contribution < 1.29 is 18.0 Å². The molecule has 6 heteroatoms. The van der Waals surface area contributed by atoms with Gasteiger partial charge in [0, 0.05) is 25.2 Å². The van der Waals surface area contributed by atoms with Crippen LogP contribution in [-0.2, 0) is 11.0 Å². The Morgan fingerprint density at radius 2 is 1.83 bits per heavy atom. The van der Waals surface area contributed by atoms with Crippen LogP contribution in [-0.4, -0.2) is 24.9 Å². The summed E-state index contributed by atoms with van der Waals surface area (Å²) >= 11 is 0. The van der Waals surface area contributed by atoms with E-state index in [2.05, 4.69) is 10.3 Å². The molecule has 0 amide bonds. The van der Waals surface area contributed by atoms with E-state index in [0.29, 0.717) is 5.92 Å². The summed E-state index contributed by atoms with van der Waals surface area (Å²) in [4.78, 5) is 11.4. The quantitative estimate of drug-likeness (QED) is 0.846. The van der Waals surface area contributed by atoms with Gasteiger partial charge in [0.2, 0.25) is 0 Å². The fourth-order valence-corrected chi connectivity index (χ4v) is 1.34. The van der Waals surface area contributed by atoms with Crippen LogP contribution in [0.25, 0.3) is 0 Å². The van der Waals surface area contributed by atoms with Crippen molar-refractivity contribution in [3.8, 4) is 0 Å². The van der Waals surface area contributed by atoms with Crippen LogP contribution in [0, 0.1) is 0 Å². The lowest BCUT2D eigenvalue weighted by Gasteiger charge is -2.27. The molecule has 1 aliphatic rings. The van der Waals surface area contributed by atoms with Crippen LogP contribution in [0.2, 0.25) is 0 Å². The summed E-state index contributed by atoms with van der Waals surface area (Å²) in [6, 6.07) is 2.54. The van der Waals surface area contributed by atoms with Gasteiger partial charge in [-0.15, -0.1) is 0 Å². The number of pyridine rings is 1. The molecule has 1 aromatic rings. The summed E-state index contributed by atoms with van der Waals surface area (Å²) < 4.78 is 36.4. The van der Waals surface area contributed by atoms with Crippen LogP contribution in [0.1, 0.15) is 31.0 Å². The number of carbonyl (C=O) groups excluding carboxylic acids is 1. The molecule has 1 aromatic heterocycles. The van der Waals surface area contributed by atoms with Gasteiger partial charge in [-0.05, 0) is 11.6 Å². The van der Waals surface area contributed by atoms with Crippen LogP contribution >= 0.6 is 0 Å². The monoisotopic (exact) mass is 262 g/mol. The van der Waals surface area contributed by atoms with Gasteiger partial charge in [0.05, 0.1) is 0 Å². The molecule has 18 heavy (non-hydrogen) atoms. The van der Waals surface area contributed by atoms with Crippen LogP contribution < -0.4 is 5.32 Å². The SMILES string of the molecule is C=O.CC.FC(F)(F)c1ccc(C2CNC2)cn1. The summed E-state index contributed by atoms with van der Waals surface area (Å²) in [5, 5.41) is 3.05. The summed E-state index contributed by atoms with van der Waals surface area (Å²) in [6.07, 6.45) is -3.02. The van der Waals surface area contributed by atoms with E-state index in [-0.39, 0.29) is 0 Å². The van der Waals surface area contributed by atoms with E-state index < -0.39 is 11.9 Å². The minimum Gasteiger partial charge on any atom is -0.315 e. The maximum atomic E-state index is 12.1. The van der Waals surface area contributed by atoms with Crippen LogP contribution in [0.4, 0.5) is 13.2 Å². The summed E-state index contributed by atoms with van der Waals surface area (Å²) in [7, 11) is 0. The summed E-state index contributed by atoms with van der Waals surface area (Å²) in [6.45, 7) is 7.65. The van der Waals surface area contributed by atoms with Crippen molar-refractivity contribution >= 4 is 6.79 Å². The predicted octanol–water partition coefficient (Wildman–Crippen LogP) is 2.63. The zero-order chi connectivity index (χ0) is 14.2. The zero-order valence-electron chi connectivity index (χ0n) is 10.4. The van der Waals surface area contributed by atoms with Gasteiger partial charge in [-0.1, -0.05) is 19.9 Å². The average molecular weight is 262 g/mol. The Bertz CT molecular complexity index is 334. The van der Waals surface area contributed by atoms with Crippen molar-refractivity contribution in [2.45, 2.75) is 25.9 Å². The van der Waals surface area contributed by atoms with Crippen molar-refractivity contribution in [2.24, 2.45) is 0 Å².